The number of Topliss-reactive ketones (excluding diaryl/α,β-unsaturated/α-hetero) is 1. The fraction of sp³-hybridized carbons (Fsp3) is 0.667. The average Bonchev–Trinajstić information content (AvgIpc) is 2.73. The maximum absolute atomic E-state index is 11.2. The summed E-state index contributed by atoms with van der Waals surface area (Å²) in [5.41, 5.74) is 1.87. The molecule has 0 radical (unpaired) electrons. The van der Waals surface area contributed by atoms with Crippen molar-refractivity contribution in [2.45, 2.75) is 45.2 Å². The Kier molecular flexibility index (Phi) is 4.07. The molecule has 1 aliphatic heterocycles. The van der Waals surface area contributed by atoms with Crippen molar-refractivity contribution in [2.75, 3.05) is 6.54 Å². The summed E-state index contributed by atoms with van der Waals surface area (Å²) in [7, 11) is 0. The molecule has 1 aromatic heterocycles. The lowest BCUT2D eigenvalue weighted by atomic mass is 9.98. The summed E-state index contributed by atoms with van der Waals surface area (Å²) in [6, 6.07) is 0.452. The number of piperidine rings is 1. The number of ketones is 1. The Balaban J connectivity index is 1.96. The van der Waals surface area contributed by atoms with Crippen LogP contribution in [0.1, 0.15) is 37.5 Å². The first-order valence-corrected chi connectivity index (χ1v) is 6.74. The standard InChI is InChI=1S/C12H18N2OS/c1-10(15)6-11-4-2-3-5-14(11)8-12-7-13-9-16-12/h7,9,11H,2-6,8H2,1H3. The lowest BCUT2D eigenvalue weighted by Gasteiger charge is -2.34. The van der Waals surface area contributed by atoms with Gasteiger partial charge < -0.3 is 0 Å². The molecule has 0 spiro atoms. The van der Waals surface area contributed by atoms with Crippen LogP contribution in [0.15, 0.2) is 11.7 Å². The van der Waals surface area contributed by atoms with Crippen LogP contribution in [0.4, 0.5) is 0 Å². The van der Waals surface area contributed by atoms with E-state index >= 15 is 0 Å². The molecule has 0 aromatic carbocycles. The van der Waals surface area contributed by atoms with E-state index in [1.165, 1.54) is 24.1 Å². The molecule has 1 fully saturated rings. The van der Waals surface area contributed by atoms with Gasteiger partial charge in [0.25, 0.3) is 0 Å². The third-order valence-corrected chi connectivity index (χ3v) is 3.88. The molecule has 0 amide bonds. The Morgan fingerprint density at radius 1 is 1.62 bits per heavy atom. The minimum Gasteiger partial charge on any atom is -0.300 e. The van der Waals surface area contributed by atoms with Crippen LogP contribution in [0.2, 0.25) is 0 Å². The highest BCUT2D eigenvalue weighted by Crippen LogP contribution is 2.23. The lowest BCUT2D eigenvalue weighted by molar-refractivity contribution is -0.118. The van der Waals surface area contributed by atoms with Crippen molar-refractivity contribution in [2.24, 2.45) is 0 Å². The zero-order valence-corrected chi connectivity index (χ0v) is 10.5. The van der Waals surface area contributed by atoms with Crippen LogP contribution in [0.5, 0.6) is 0 Å². The summed E-state index contributed by atoms with van der Waals surface area (Å²) in [6.45, 7) is 3.78. The van der Waals surface area contributed by atoms with Gasteiger partial charge in [0.05, 0.1) is 5.51 Å². The topological polar surface area (TPSA) is 33.2 Å². The molecule has 0 N–H and O–H groups in total. The van der Waals surface area contributed by atoms with Crippen LogP contribution >= 0.6 is 11.3 Å². The molecular weight excluding hydrogens is 220 g/mol. The van der Waals surface area contributed by atoms with Gasteiger partial charge in [0.1, 0.15) is 5.78 Å². The van der Waals surface area contributed by atoms with Crippen molar-refractivity contribution in [3.8, 4) is 0 Å². The van der Waals surface area contributed by atoms with E-state index in [1.54, 1.807) is 18.3 Å². The molecule has 3 nitrogen and oxygen atoms in total. The summed E-state index contributed by atoms with van der Waals surface area (Å²) < 4.78 is 0. The Morgan fingerprint density at radius 2 is 2.50 bits per heavy atom. The molecule has 16 heavy (non-hydrogen) atoms. The monoisotopic (exact) mass is 238 g/mol. The average molecular weight is 238 g/mol. The Labute approximate surface area is 100 Å². The maximum atomic E-state index is 11.2. The van der Waals surface area contributed by atoms with Crippen LogP contribution < -0.4 is 0 Å². The van der Waals surface area contributed by atoms with Crippen molar-refractivity contribution < 1.29 is 4.79 Å². The van der Waals surface area contributed by atoms with Gasteiger partial charge >= 0.3 is 0 Å². The minimum atomic E-state index is 0.307. The van der Waals surface area contributed by atoms with Gasteiger partial charge in [-0.25, -0.2) is 0 Å². The second kappa shape index (κ2) is 5.55. The van der Waals surface area contributed by atoms with Crippen LogP contribution in [0.3, 0.4) is 0 Å². The van der Waals surface area contributed by atoms with Crippen molar-refractivity contribution in [3.05, 3.63) is 16.6 Å². The Hall–Kier alpha value is -0.740. The predicted molar refractivity (Wildman–Crippen MR) is 65.5 cm³/mol. The van der Waals surface area contributed by atoms with Gasteiger partial charge in [-0.05, 0) is 26.3 Å². The molecular formula is C12H18N2OS. The number of likely N-dealkylation sites (tertiary alicyclic amines) is 1. The molecule has 0 saturated carbocycles. The molecule has 1 aliphatic rings. The van der Waals surface area contributed by atoms with E-state index in [4.69, 9.17) is 0 Å². The third-order valence-electron chi connectivity index (χ3n) is 3.11. The number of aromatic nitrogens is 1. The smallest absolute Gasteiger partial charge is 0.131 e. The highest BCUT2D eigenvalue weighted by atomic mass is 32.1. The number of thiazole rings is 1. The zero-order chi connectivity index (χ0) is 11.4. The highest BCUT2D eigenvalue weighted by molar-refractivity contribution is 7.09. The van der Waals surface area contributed by atoms with Crippen LogP contribution in [0, 0.1) is 0 Å². The van der Waals surface area contributed by atoms with E-state index in [9.17, 15) is 4.79 Å². The van der Waals surface area contributed by atoms with Crippen molar-refractivity contribution in [1.82, 2.24) is 9.88 Å². The maximum Gasteiger partial charge on any atom is 0.131 e. The first-order valence-electron chi connectivity index (χ1n) is 5.86. The summed E-state index contributed by atoms with van der Waals surface area (Å²) in [6.07, 6.45) is 6.33. The van der Waals surface area contributed by atoms with E-state index in [0.29, 0.717) is 18.2 Å². The molecule has 1 saturated heterocycles. The number of hydrogen-bond donors (Lipinski definition) is 0. The van der Waals surface area contributed by atoms with Gasteiger partial charge in [-0.3, -0.25) is 14.7 Å². The largest absolute Gasteiger partial charge is 0.300 e. The van der Waals surface area contributed by atoms with Gasteiger partial charge in [-0.1, -0.05) is 6.42 Å². The Bertz CT molecular complexity index is 337. The predicted octanol–water partition coefficient (Wildman–Crippen LogP) is 2.48. The van der Waals surface area contributed by atoms with E-state index in [2.05, 4.69) is 9.88 Å². The van der Waals surface area contributed by atoms with Crippen LogP contribution in [-0.4, -0.2) is 28.3 Å². The SMILES string of the molecule is CC(=O)CC1CCCCN1Cc1cncs1. The summed E-state index contributed by atoms with van der Waals surface area (Å²) >= 11 is 1.70. The number of hydrogen-bond acceptors (Lipinski definition) is 4. The number of carbonyl (C=O) groups is 1. The third kappa shape index (κ3) is 3.12. The first kappa shape index (κ1) is 11.7. The van der Waals surface area contributed by atoms with Gasteiger partial charge in [0.2, 0.25) is 0 Å². The molecule has 88 valence electrons. The summed E-state index contributed by atoms with van der Waals surface area (Å²) in [5, 5.41) is 0. The fourth-order valence-corrected chi connectivity index (χ4v) is 2.97. The fourth-order valence-electron chi connectivity index (χ4n) is 2.35. The summed E-state index contributed by atoms with van der Waals surface area (Å²) in [5.74, 6) is 0.307. The van der Waals surface area contributed by atoms with E-state index < -0.39 is 0 Å². The van der Waals surface area contributed by atoms with Crippen molar-refractivity contribution in [3.63, 3.8) is 0 Å². The van der Waals surface area contributed by atoms with Crippen molar-refractivity contribution >= 4 is 17.1 Å². The van der Waals surface area contributed by atoms with Gasteiger partial charge in [0, 0.05) is 30.1 Å². The quantitative estimate of drug-likeness (QED) is 0.808. The summed E-state index contributed by atoms with van der Waals surface area (Å²) in [4.78, 5) is 19.1. The van der Waals surface area contributed by atoms with Gasteiger partial charge in [-0.15, -0.1) is 11.3 Å². The first-order chi connectivity index (χ1) is 7.75. The van der Waals surface area contributed by atoms with Gasteiger partial charge in [-0.2, -0.15) is 0 Å². The molecule has 1 aromatic rings. The van der Waals surface area contributed by atoms with E-state index in [1.807, 2.05) is 11.7 Å². The van der Waals surface area contributed by atoms with Gasteiger partial charge in [0.15, 0.2) is 0 Å². The minimum absolute atomic E-state index is 0.307. The van der Waals surface area contributed by atoms with Crippen LogP contribution in [-0.2, 0) is 11.3 Å². The number of rotatable bonds is 4. The Morgan fingerprint density at radius 3 is 3.19 bits per heavy atom. The molecule has 1 atom stereocenters. The molecule has 2 heterocycles. The number of nitrogens with zero attached hydrogens (tertiary/aromatic N) is 2. The zero-order valence-electron chi connectivity index (χ0n) is 9.69. The second-order valence-electron chi connectivity index (χ2n) is 4.49. The molecule has 4 heteroatoms. The molecule has 1 unspecified atom stereocenters. The normalized spacial score (nSPS) is 22.2. The second-order valence-corrected chi connectivity index (χ2v) is 5.46. The molecule has 0 aliphatic carbocycles. The van der Waals surface area contributed by atoms with Crippen molar-refractivity contribution in [1.29, 1.82) is 0 Å². The van der Waals surface area contributed by atoms with E-state index in [-0.39, 0.29) is 0 Å². The molecule has 0 bridgehead atoms. The van der Waals surface area contributed by atoms with Crippen LogP contribution in [0.25, 0.3) is 0 Å². The highest BCUT2D eigenvalue weighted by Gasteiger charge is 2.23. The lowest BCUT2D eigenvalue weighted by Crippen LogP contribution is -2.39. The molecule has 2 rings (SSSR count). The van der Waals surface area contributed by atoms with E-state index in [0.717, 1.165) is 13.1 Å². The number of carbonyl (C=O) groups excluding carboxylic acids is 1.